The predicted molar refractivity (Wildman–Crippen MR) is 123 cm³/mol. The van der Waals surface area contributed by atoms with Crippen molar-refractivity contribution in [1.29, 1.82) is 0 Å². The number of benzene rings is 2. The number of ketones is 1. The molecule has 0 spiro atoms. The van der Waals surface area contributed by atoms with Gasteiger partial charge >= 0.3 is 0 Å². The molecule has 3 aromatic rings. The Labute approximate surface area is 191 Å². The lowest BCUT2D eigenvalue weighted by atomic mass is 9.99. The predicted octanol–water partition coefficient (Wildman–Crippen LogP) is 5.02. The van der Waals surface area contributed by atoms with Crippen LogP contribution in [-0.2, 0) is 9.59 Å². The number of nitrogens with zero attached hydrogens (tertiary/aromatic N) is 1. The summed E-state index contributed by atoms with van der Waals surface area (Å²) in [5.41, 5.74) is 1.15. The molecule has 1 fully saturated rings. The fourth-order valence-electron chi connectivity index (χ4n) is 3.92. The van der Waals surface area contributed by atoms with E-state index in [1.54, 1.807) is 55.5 Å². The van der Waals surface area contributed by atoms with Gasteiger partial charge in [-0.3, -0.25) is 14.5 Å². The number of anilines is 1. The van der Waals surface area contributed by atoms with Crippen molar-refractivity contribution < 1.29 is 29.0 Å². The van der Waals surface area contributed by atoms with Crippen molar-refractivity contribution >= 4 is 23.1 Å². The topological polar surface area (TPSA) is 100 Å². The number of phenolic OH excluding ortho intramolecular Hbond substituents is 1. The van der Waals surface area contributed by atoms with Crippen LogP contribution >= 0.6 is 0 Å². The molecular weight excluding hydrogens is 422 g/mol. The van der Waals surface area contributed by atoms with Crippen molar-refractivity contribution in [2.75, 3.05) is 4.90 Å². The van der Waals surface area contributed by atoms with E-state index in [-0.39, 0.29) is 28.9 Å². The zero-order chi connectivity index (χ0) is 23.9. The minimum atomic E-state index is -1.05. The average Bonchev–Trinajstić information content (AvgIpc) is 3.30. The van der Waals surface area contributed by atoms with Crippen LogP contribution in [-0.4, -0.2) is 28.0 Å². The van der Waals surface area contributed by atoms with Gasteiger partial charge in [0.05, 0.1) is 17.4 Å². The Morgan fingerprint density at radius 3 is 2.48 bits per heavy atom. The zero-order valence-corrected chi connectivity index (χ0v) is 18.8. The Morgan fingerprint density at radius 2 is 1.82 bits per heavy atom. The number of ether oxygens (including phenoxy) is 1. The molecule has 1 atom stereocenters. The van der Waals surface area contributed by atoms with Gasteiger partial charge in [-0.25, -0.2) is 0 Å². The summed E-state index contributed by atoms with van der Waals surface area (Å²) in [7, 11) is 0. The van der Waals surface area contributed by atoms with Crippen LogP contribution in [0.25, 0.3) is 5.76 Å². The fraction of sp³-hybridized carbons (Fsp3) is 0.231. The van der Waals surface area contributed by atoms with Crippen molar-refractivity contribution in [2.24, 2.45) is 0 Å². The van der Waals surface area contributed by atoms with Crippen LogP contribution in [0.3, 0.4) is 0 Å². The Bertz CT molecular complexity index is 1270. The molecule has 0 bridgehead atoms. The largest absolute Gasteiger partial charge is 0.507 e. The third-order valence-corrected chi connectivity index (χ3v) is 5.34. The van der Waals surface area contributed by atoms with E-state index in [1.807, 2.05) is 20.8 Å². The molecule has 2 N–H and O–H groups in total. The van der Waals surface area contributed by atoms with Crippen LogP contribution in [0.15, 0.2) is 64.6 Å². The number of amides is 1. The number of carbonyl (C=O) groups is 2. The number of rotatable bonds is 5. The van der Waals surface area contributed by atoms with Gasteiger partial charge in [-0.15, -0.1) is 0 Å². The van der Waals surface area contributed by atoms with Crippen LogP contribution in [0.5, 0.6) is 11.5 Å². The van der Waals surface area contributed by atoms with Crippen molar-refractivity contribution in [2.45, 2.75) is 39.8 Å². The summed E-state index contributed by atoms with van der Waals surface area (Å²) in [5, 5.41) is 21.7. The second-order valence-corrected chi connectivity index (χ2v) is 8.30. The van der Waals surface area contributed by atoms with Crippen LogP contribution in [0, 0.1) is 13.8 Å². The standard InChI is InChI=1S/C26H25NO6/c1-14(2)32-18-7-5-6-17(13-18)24(29)22-23(21-11-9-16(4)33-21)27(26(31)25(22)30)19-12-15(3)8-10-20(19)28/h5-14,23,28-29H,1-4H3/b24-22-. The summed E-state index contributed by atoms with van der Waals surface area (Å²) in [5.74, 6) is -0.863. The molecule has 7 nitrogen and oxygen atoms in total. The zero-order valence-electron chi connectivity index (χ0n) is 18.8. The Morgan fingerprint density at radius 1 is 1.06 bits per heavy atom. The van der Waals surface area contributed by atoms with Crippen molar-refractivity contribution in [1.82, 2.24) is 0 Å². The van der Waals surface area contributed by atoms with E-state index >= 15 is 0 Å². The summed E-state index contributed by atoms with van der Waals surface area (Å²) in [6, 6.07) is 13.8. The van der Waals surface area contributed by atoms with Gasteiger partial charge in [-0.2, -0.15) is 0 Å². The van der Waals surface area contributed by atoms with E-state index in [4.69, 9.17) is 9.15 Å². The molecule has 1 unspecified atom stereocenters. The second-order valence-electron chi connectivity index (χ2n) is 8.30. The number of furan rings is 1. The molecule has 1 aliphatic heterocycles. The highest BCUT2D eigenvalue weighted by Gasteiger charge is 2.49. The first-order valence-corrected chi connectivity index (χ1v) is 10.6. The molecule has 1 amide bonds. The Balaban J connectivity index is 1.92. The third-order valence-electron chi connectivity index (χ3n) is 5.34. The smallest absolute Gasteiger partial charge is 0.300 e. The lowest BCUT2D eigenvalue weighted by Gasteiger charge is -2.24. The van der Waals surface area contributed by atoms with Gasteiger partial charge in [-0.05, 0) is 69.7 Å². The van der Waals surface area contributed by atoms with Crippen LogP contribution < -0.4 is 9.64 Å². The Hall–Kier alpha value is -4.00. The normalized spacial score (nSPS) is 17.7. The van der Waals surface area contributed by atoms with Gasteiger partial charge in [0, 0.05) is 5.56 Å². The molecule has 1 aromatic heterocycles. The maximum absolute atomic E-state index is 13.2. The first-order valence-electron chi connectivity index (χ1n) is 10.6. The summed E-state index contributed by atoms with van der Waals surface area (Å²) in [6.07, 6.45) is -0.0802. The molecule has 2 heterocycles. The number of hydrogen-bond acceptors (Lipinski definition) is 6. The molecule has 170 valence electrons. The number of aromatic hydroxyl groups is 1. The molecule has 4 rings (SSSR count). The molecule has 2 aromatic carbocycles. The number of carbonyl (C=O) groups excluding carboxylic acids is 2. The van der Waals surface area contributed by atoms with Gasteiger partial charge in [0.25, 0.3) is 11.7 Å². The van der Waals surface area contributed by atoms with Gasteiger partial charge < -0.3 is 19.4 Å². The molecule has 33 heavy (non-hydrogen) atoms. The molecule has 7 heteroatoms. The number of hydrogen-bond donors (Lipinski definition) is 2. The molecule has 0 saturated carbocycles. The first kappa shape index (κ1) is 22.2. The lowest BCUT2D eigenvalue weighted by molar-refractivity contribution is -0.132. The van der Waals surface area contributed by atoms with E-state index in [9.17, 15) is 19.8 Å². The van der Waals surface area contributed by atoms with E-state index in [0.717, 1.165) is 5.56 Å². The molecular formula is C26H25NO6. The summed E-state index contributed by atoms with van der Waals surface area (Å²) in [6.45, 7) is 7.32. The SMILES string of the molecule is Cc1ccc(O)c(N2C(=O)C(=O)/C(=C(\O)c3cccc(OC(C)C)c3)C2c2ccc(C)o2)c1. The quantitative estimate of drug-likeness (QED) is 0.324. The maximum atomic E-state index is 13.2. The second kappa shape index (κ2) is 8.50. The van der Waals surface area contributed by atoms with Gasteiger partial charge in [0.15, 0.2) is 0 Å². The molecule has 1 aliphatic rings. The van der Waals surface area contributed by atoms with Crippen molar-refractivity contribution in [3.05, 3.63) is 82.8 Å². The number of phenols is 1. The average molecular weight is 447 g/mol. The summed E-state index contributed by atoms with van der Waals surface area (Å²) < 4.78 is 11.5. The summed E-state index contributed by atoms with van der Waals surface area (Å²) >= 11 is 0. The molecule has 0 aliphatic carbocycles. The lowest BCUT2D eigenvalue weighted by Crippen LogP contribution is -2.29. The number of aryl methyl sites for hydroxylation is 2. The van der Waals surface area contributed by atoms with Crippen LogP contribution in [0.2, 0.25) is 0 Å². The van der Waals surface area contributed by atoms with E-state index < -0.39 is 17.7 Å². The maximum Gasteiger partial charge on any atom is 0.300 e. The number of aliphatic hydroxyl groups excluding tert-OH is 1. The Kier molecular flexibility index (Phi) is 5.72. The minimum absolute atomic E-state index is 0.0802. The van der Waals surface area contributed by atoms with Crippen molar-refractivity contribution in [3.63, 3.8) is 0 Å². The van der Waals surface area contributed by atoms with E-state index in [2.05, 4.69) is 0 Å². The van der Waals surface area contributed by atoms with Gasteiger partial charge in [0.1, 0.15) is 34.8 Å². The first-order chi connectivity index (χ1) is 15.7. The highest BCUT2D eigenvalue weighted by molar-refractivity contribution is 6.51. The number of Topliss-reactive ketones (excluding diaryl/α,β-unsaturated/α-hetero) is 1. The van der Waals surface area contributed by atoms with Crippen molar-refractivity contribution in [3.8, 4) is 11.5 Å². The third kappa shape index (κ3) is 4.09. The fourth-order valence-corrected chi connectivity index (χ4v) is 3.92. The highest BCUT2D eigenvalue weighted by atomic mass is 16.5. The van der Waals surface area contributed by atoms with E-state index in [0.29, 0.717) is 22.8 Å². The molecule has 1 saturated heterocycles. The minimum Gasteiger partial charge on any atom is -0.507 e. The summed E-state index contributed by atoms with van der Waals surface area (Å²) in [4.78, 5) is 27.5. The monoisotopic (exact) mass is 447 g/mol. The van der Waals surface area contributed by atoms with Gasteiger partial charge in [-0.1, -0.05) is 18.2 Å². The van der Waals surface area contributed by atoms with Crippen LogP contribution in [0.1, 0.15) is 42.5 Å². The van der Waals surface area contributed by atoms with Gasteiger partial charge in [0.2, 0.25) is 0 Å². The van der Waals surface area contributed by atoms with E-state index in [1.165, 1.54) is 11.0 Å². The highest BCUT2D eigenvalue weighted by Crippen LogP contribution is 2.45. The van der Waals surface area contributed by atoms with Crippen LogP contribution in [0.4, 0.5) is 5.69 Å². The molecule has 0 radical (unpaired) electrons. The number of aliphatic hydroxyl groups is 1.